The van der Waals surface area contributed by atoms with Crippen LogP contribution in [0.1, 0.15) is 43.3 Å². The van der Waals surface area contributed by atoms with Crippen LogP contribution in [-0.2, 0) is 26.3 Å². The zero-order valence-electron chi connectivity index (χ0n) is 20.1. The summed E-state index contributed by atoms with van der Waals surface area (Å²) in [7, 11) is 1.46. The Hall–Kier alpha value is -3.63. The third-order valence-electron chi connectivity index (χ3n) is 6.19. The average molecular weight is 485 g/mol. The summed E-state index contributed by atoms with van der Waals surface area (Å²) >= 11 is 0. The molecule has 0 spiro atoms. The van der Waals surface area contributed by atoms with E-state index in [9.17, 15) is 13.2 Å². The Bertz CT molecular complexity index is 1340. The molecule has 0 radical (unpaired) electrons. The second kappa shape index (κ2) is 8.54. The summed E-state index contributed by atoms with van der Waals surface area (Å²) in [6.07, 6.45) is -1.72. The minimum absolute atomic E-state index is 0.182. The van der Waals surface area contributed by atoms with Gasteiger partial charge in [-0.05, 0) is 38.3 Å². The van der Waals surface area contributed by atoms with Crippen molar-refractivity contribution >= 4 is 5.82 Å². The van der Waals surface area contributed by atoms with Crippen LogP contribution in [0.15, 0.2) is 36.5 Å². The Morgan fingerprint density at radius 3 is 2.46 bits per heavy atom. The molecule has 0 N–H and O–H groups in total. The van der Waals surface area contributed by atoms with E-state index in [4.69, 9.17) is 5.10 Å². The van der Waals surface area contributed by atoms with E-state index in [1.807, 2.05) is 34.6 Å². The maximum absolute atomic E-state index is 13.0. The van der Waals surface area contributed by atoms with Crippen LogP contribution < -0.4 is 4.90 Å². The van der Waals surface area contributed by atoms with Crippen LogP contribution in [0.5, 0.6) is 0 Å². The molecule has 1 aliphatic rings. The Kier molecular flexibility index (Phi) is 5.65. The van der Waals surface area contributed by atoms with Gasteiger partial charge in [0.2, 0.25) is 0 Å². The van der Waals surface area contributed by atoms with Crippen LogP contribution in [-0.4, -0.2) is 40.9 Å². The number of alkyl halides is 3. The molecule has 0 amide bonds. The maximum Gasteiger partial charge on any atom is 0.453 e. The second-order valence-corrected chi connectivity index (χ2v) is 9.18. The fourth-order valence-corrected chi connectivity index (χ4v) is 4.52. The molecule has 0 saturated heterocycles. The van der Waals surface area contributed by atoms with Gasteiger partial charge in [-0.1, -0.05) is 24.3 Å². The van der Waals surface area contributed by atoms with E-state index < -0.39 is 12.0 Å². The number of hydrogen-bond donors (Lipinski definition) is 0. The number of anilines is 1. The van der Waals surface area contributed by atoms with Crippen molar-refractivity contribution in [3.05, 3.63) is 53.5 Å². The summed E-state index contributed by atoms with van der Waals surface area (Å²) in [4.78, 5) is 5.96. The largest absolute Gasteiger partial charge is 0.453 e. The lowest BCUT2D eigenvalue weighted by molar-refractivity contribution is -0.144. The van der Waals surface area contributed by atoms with Gasteiger partial charge in [-0.25, -0.2) is 14.3 Å². The fourth-order valence-electron chi connectivity index (χ4n) is 4.52. The molecule has 0 aliphatic carbocycles. The second-order valence-electron chi connectivity index (χ2n) is 9.18. The number of nitrogens with zero attached hydrogens (tertiary/aromatic N) is 8. The standard InChI is InChI=1S/C24H27F3N8/c1-15(2)35-21(16(3)13-28-35)19-12-20-33(10-5-11-34(20)30-19)14-17-6-8-18(9-7-17)22-29-23(24(25,26)27)31-32(22)4/h6-9,12-13,15H,5,10-11,14H2,1-4H3. The Morgan fingerprint density at radius 1 is 1.06 bits per heavy atom. The molecule has 1 aliphatic heterocycles. The number of fused-ring (bicyclic) bond motifs is 1. The molecular formula is C24H27F3N8. The maximum atomic E-state index is 13.0. The van der Waals surface area contributed by atoms with Crippen LogP contribution in [0.25, 0.3) is 22.8 Å². The molecule has 0 atom stereocenters. The summed E-state index contributed by atoms with van der Waals surface area (Å²) in [6, 6.07) is 9.77. The van der Waals surface area contributed by atoms with E-state index in [2.05, 4.69) is 40.0 Å². The number of rotatable bonds is 5. The molecule has 184 valence electrons. The van der Waals surface area contributed by atoms with Gasteiger partial charge in [0.05, 0.1) is 11.9 Å². The first-order chi connectivity index (χ1) is 16.6. The summed E-state index contributed by atoms with van der Waals surface area (Å²) in [6.45, 7) is 8.68. The van der Waals surface area contributed by atoms with E-state index in [1.54, 1.807) is 12.1 Å². The molecule has 3 aromatic heterocycles. The van der Waals surface area contributed by atoms with Crippen LogP contribution in [0.3, 0.4) is 0 Å². The monoisotopic (exact) mass is 484 g/mol. The lowest BCUT2D eigenvalue weighted by atomic mass is 10.1. The third-order valence-corrected chi connectivity index (χ3v) is 6.19. The minimum Gasteiger partial charge on any atom is -0.352 e. The molecule has 11 heteroatoms. The number of hydrogen-bond acceptors (Lipinski definition) is 5. The van der Waals surface area contributed by atoms with Crippen molar-refractivity contribution in [3.63, 3.8) is 0 Å². The van der Waals surface area contributed by atoms with Crippen molar-refractivity contribution in [2.24, 2.45) is 7.05 Å². The van der Waals surface area contributed by atoms with Crippen LogP contribution in [0, 0.1) is 6.92 Å². The molecule has 0 saturated carbocycles. The van der Waals surface area contributed by atoms with Gasteiger partial charge < -0.3 is 4.90 Å². The van der Waals surface area contributed by atoms with E-state index in [1.165, 1.54) is 7.05 Å². The van der Waals surface area contributed by atoms with Gasteiger partial charge in [0.25, 0.3) is 5.82 Å². The summed E-state index contributed by atoms with van der Waals surface area (Å²) in [5.74, 6) is 0.0987. The topological polar surface area (TPSA) is 69.6 Å². The first-order valence-electron chi connectivity index (χ1n) is 11.6. The van der Waals surface area contributed by atoms with Crippen molar-refractivity contribution < 1.29 is 13.2 Å². The predicted octanol–water partition coefficient (Wildman–Crippen LogP) is 4.86. The number of aryl methyl sites for hydroxylation is 3. The van der Waals surface area contributed by atoms with Crippen molar-refractivity contribution in [3.8, 4) is 22.8 Å². The third kappa shape index (κ3) is 4.30. The van der Waals surface area contributed by atoms with Crippen LogP contribution in [0.2, 0.25) is 0 Å². The van der Waals surface area contributed by atoms with Crippen molar-refractivity contribution in [1.82, 2.24) is 34.3 Å². The molecule has 35 heavy (non-hydrogen) atoms. The number of benzene rings is 1. The van der Waals surface area contributed by atoms with E-state index in [-0.39, 0.29) is 11.9 Å². The zero-order chi connectivity index (χ0) is 24.9. The molecule has 5 rings (SSSR count). The zero-order valence-corrected chi connectivity index (χ0v) is 20.1. The Labute approximate surface area is 201 Å². The molecule has 1 aromatic carbocycles. The van der Waals surface area contributed by atoms with E-state index in [0.29, 0.717) is 12.1 Å². The average Bonchev–Trinajstić information content (AvgIpc) is 3.50. The summed E-state index contributed by atoms with van der Waals surface area (Å²) in [5.41, 5.74) is 4.67. The van der Waals surface area contributed by atoms with E-state index >= 15 is 0 Å². The molecule has 0 bridgehead atoms. The van der Waals surface area contributed by atoms with Gasteiger partial charge in [-0.15, -0.1) is 5.10 Å². The highest BCUT2D eigenvalue weighted by molar-refractivity contribution is 5.64. The minimum atomic E-state index is -4.57. The van der Waals surface area contributed by atoms with Gasteiger partial charge in [0.15, 0.2) is 5.82 Å². The van der Waals surface area contributed by atoms with Crippen LogP contribution in [0.4, 0.5) is 19.0 Å². The normalized spacial score (nSPS) is 14.1. The van der Waals surface area contributed by atoms with Gasteiger partial charge in [-0.3, -0.25) is 4.68 Å². The molecular weight excluding hydrogens is 457 g/mol. The molecule has 4 aromatic rings. The van der Waals surface area contributed by atoms with Crippen molar-refractivity contribution in [1.29, 1.82) is 0 Å². The van der Waals surface area contributed by atoms with Crippen LogP contribution >= 0.6 is 0 Å². The summed E-state index contributed by atoms with van der Waals surface area (Å²) in [5, 5.41) is 12.9. The lowest BCUT2D eigenvalue weighted by Gasteiger charge is -2.29. The molecule has 0 unspecified atom stereocenters. The highest BCUT2D eigenvalue weighted by atomic mass is 19.4. The van der Waals surface area contributed by atoms with Gasteiger partial charge in [0, 0.05) is 44.4 Å². The first-order valence-corrected chi connectivity index (χ1v) is 11.6. The molecule has 0 fully saturated rings. The molecule has 8 nitrogen and oxygen atoms in total. The Balaban J connectivity index is 1.39. The predicted molar refractivity (Wildman–Crippen MR) is 126 cm³/mol. The SMILES string of the molecule is Cc1cnn(C(C)C)c1-c1cc2n(n1)CCCN2Cc1ccc(-c2nc(C(F)(F)F)nn2C)cc1. The van der Waals surface area contributed by atoms with Crippen molar-refractivity contribution in [2.45, 2.75) is 52.5 Å². The van der Waals surface area contributed by atoms with Gasteiger partial charge >= 0.3 is 6.18 Å². The quantitative estimate of drug-likeness (QED) is 0.405. The number of aromatic nitrogens is 7. The lowest BCUT2D eigenvalue weighted by Crippen LogP contribution is -2.31. The first kappa shape index (κ1) is 23.1. The Morgan fingerprint density at radius 2 is 1.80 bits per heavy atom. The van der Waals surface area contributed by atoms with Crippen molar-refractivity contribution in [2.75, 3.05) is 11.4 Å². The molecule has 4 heterocycles. The highest BCUT2D eigenvalue weighted by Crippen LogP contribution is 2.32. The van der Waals surface area contributed by atoms with E-state index in [0.717, 1.165) is 52.5 Å². The highest BCUT2D eigenvalue weighted by Gasteiger charge is 2.37. The summed E-state index contributed by atoms with van der Waals surface area (Å²) < 4.78 is 44.1. The van der Waals surface area contributed by atoms with Gasteiger partial charge in [-0.2, -0.15) is 23.4 Å². The van der Waals surface area contributed by atoms with Gasteiger partial charge in [0.1, 0.15) is 11.5 Å². The fraction of sp³-hybridized carbons (Fsp3) is 0.417. The number of halogens is 3. The smallest absolute Gasteiger partial charge is 0.352 e.